The first kappa shape index (κ1) is 14.9. The molecule has 3 rings (SSSR count). The van der Waals surface area contributed by atoms with Crippen LogP contribution in [0, 0.1) is 0 Å². The summed E-state index contributed by atoms with van der Waals surface area (Å²) in [5.41, 5.74) is 1.10. The van der Waals surface area contributed by atoms with Gasteiger partial charge in [0.15, 0.2) is 0 Å². The predicted octanol–water partition coefficient (Wildman–Crippen LogP) is 3.88. The van der Waals surface area contributed by atoms with Crippen LogP contribution in [0.3, 0.4) is 0 Å². The van der Waals surface area contributed by atoms with Gasteiger partial charge in [-0.15, -0.1) is 0 Å². The minimum Gasteiger partial charge on any atom is -0.319 e. The van der Waals surface area contributed by atoms with Crippen molar-refractivity contribution in [3.8, 4) is 0 Å². The molecule has 2 fully saturated rings. The Labute approximate surface area is 131 Å². The minimum atomic E-state index is -0.0328. The van der Waals surface area contributed by atoms with Crippen LogP contribution < -0.4 is 5.32 Å². The van der Waals surface area contributed by atoms with E-state index in [-0.39, 0.29) is 18.1 Å². The van der Waals surface area contributed by atoms with Gasteiger partial charge in [0.2, 0.25) is 5.91 Å². The number of nitrogens with zero attached hydrogens (tertiary/aromatic N) is 1. The molecule has 3 nitrogen and oxygen atoms in total. The molecule has 1 aliphatic heterocycles. The lowest BCUT2D eigenvalue weighted by atomic mass is 9.90. The van der Waals surface area contributed by atoms with Gasteiger partial charge in [-0.3, -0.25) is 10.1 Å². The Kier molecular flexibility index (Phi) is 4.51. The Balaban J connectivity index is 1.83. The maximum Gasteiger partial charge on any atom is 0.241 e. The standard InChI is InChI=1S/C17H23ClN2O/c1-2-3-10-15-17(21)20(14-8-5-9-14)16(19-15)12-6-4-7-13(18)11-12/h4,6-7,11,14-16,19H,2-3,5,8-10H2,1H3. The van der Waals surface area contributed by atoms with Gasteiger partial charge in [0.25, 0.3) is 0 Å². The lowest BCUT2D eigenvalue weighted by Gasteiger charge is -2.38. The maximum absolute atomic E-state index is 12.7. The number of hydrogen-bond acceptors (Lipinski definition) is 2. The summed E-state index contributed by atoms with van der Waals surface area (Å²) in [7, 11) is 0. The third kappa shape index (κ3) is 2.95. The Bertz CT molecular complexity index is 515. The van der Waals surface area contributed by atoms with Gasteiger partial charge in [-0.05, 0) is 43.4 Å². The number of benzene rings is 1. The van der Waals surface area contributed by atoms with Crippen molar-refractivity contribution in [1.82, 2.24) is 10.2 Å². The molecule has 1 aliphatic carbocycles. The SMILES string of the molecule is CCCCC1NC(c2cccc(Cl)c2)N(C2CCC2)C1=O. The number of halogens is 1. The van der Waals surface area contributed by atoms with E-state index in [4.69, 9.17) is 11.6 Å². The topological polar surface area (TPSA) is 32.3 Å². The third-order valence-corrected chi connectivity index (χ3v) is 4.90. The number of rotatable bonds is 5. The minimum absolute atomic E-state index is 0.0108. The number of nitrogens with one attached hydrogen (secondary N) is 1. The van der Waals surface area contributed by atoms with E-state index in [1.807, 2.05) is 18.2 Å². The van der Waals surface area contributed by atoms with E-state index in [0.717, 1.165) is 42.7 Å². The second kappa shape index (κ2) is 6.37. The van der Waals surface area contributed by atoms with Crippen molar-refractivity contribution in [2.24, 2.45) is 0 Å². The summed E-state index contributed by atoms with van der Waals surface area (Å²) in [6.07, 6.45) is 6.62. The second-order valence-corrected chi connectivity index (χ2v) is 6.59. The fourth-order valence-corrected chi connectivity index (χ4v) is 3.45. The first-order valence-electron chi connectivity index (χ1n) is 8.04. The molecule has 2 atom stereocenters. The molecule has 2 unspecified atom stereocenters. The van der Waals surface area contributed by atoms with Crippen molar-refractivity contribution in [1.29, 1.82) is 0 Å². The van der Waals surface area contributed by atoms with E-state index < -0.39 is 0 Å². The quantitative estimate of drug-likeness (QED) is 0.895. The summed E-state index contributed by atoms with van der Waals surface area (Å²) in [4.78, 5) is 14.8. The Morgan fingerprint density at radius 1 is 1.38 bits per heavy atom. The first-order valence-corrected chi connectivity index (χ1v) is 8.42. The van der Waals surface area contributed by atoms with Crippen LogP contribution in [0.2, 0.25) is 5.02 Å². The van der Waals surface area contributed by atoms with Gasteiger partial charge in [-0.1, -0.05) is 43.5 Å². The van der Waals surface area contributed by atoms with Crippen molar-refractivity contribution in [2.45, 2.75) is 63.7 Å². The molecule has 2 aliphatic rings. The highest BCUT2D eigenvalue weighted by molar-refractivity contribution is 6.30. The molecule has 114 valence electrons. The summed E-state index contributed by atoms with van der Waals surface area (Å²) in [5, 5.41) is 4.26. The van der Waals surface area contributed by atoms with Crippen molar-refractivity contribution >= 4 is 17.5 Å². The number of carbonyl (C=O) groups is 1. The van der Waals surface area contributed by atoms with Gasteiger partial charge in [0.05, 0.1) is 6.04 Å². The molecule has 0 spiro atoms. The fourth-order valence-electron chi connectivity index (χ4n) is 3.25. The Morgan fingerprint density at radius 2 is 2.19 bits per heavy atom. The highest BCUT2D eigenvalue weighted by atomic mass is 35.5. The lowest BCUT2D eigenvalue weighted by molar-refractivity contribution is -0.134. The molecular weight excluding hydrogens is 284 g/mol. The van der Waals surface area contributed by atoms with Crippen molar-refractivity contribution in [2.75, 3.05) is 0 Å². The van der Waals surface area contributed by atoms with E-state index in [1.54, 1.807) is 0 Å². The molecule has 4 heteroatoms. The van der Waals surface area contributed by atoms with E-state index >= 15 is 0 Å². The summed E-state index contributed by atoms with van der Waals surface area (Å²) in [6.45, 7) is 2.16. The van der Waals surface area contributed by atoms with Crippen molar-refractivity contribution in [3.05, 3.63) is 34.9 Å². The maximum atomic E-state index is 12.7. The lowest BCUT2D eigenvalue weighted by Crippen LogP contribution is -2.44. The normalized spacial score (nSPS) is 26.2. The van der Waals surface area contributed by atoms with Gasteiger partial charge < -0.3 is 4.90 Å². The highest BCUT2D eigenvalue weighted by Gasteiger charge is 2.44. The molecule has 1 aromatic carbocycles. The summed E-state index contributed by atoms with van der Waals surface area (Å²) >= 11 is 6.12. The van der Waals surface area contributed by atoms with E-state index in [2.05, 4.69) is 23.2 Å². The summed E-state index contributed by atoms with van der Waals surface area (Å²) < 4.78 is 0. The van der Waals surface area contributed by atoms with Crippen LogP contribution in [0.5, 0.6) is 0 Å². The second-order valence-electron chi connectivity index (χ2n) is 6.15. The fraction of sp³-hybridized carbons (Fsp3) is 0.588. The Morgan fingerprint density at radius 3 is 2.81 bits per heavy atom. The molecule has 1 N–H and O–H groups in total. The molecule has 1 amide bonds. The molecule has 1 saturated carbocycles. The number of hydrogen-bond donors (Lipinski definition) is 1. The zero-order chi connectivity index (χ0) is 14.8. The molecule has 0 aromatic heterocycles. The van der Waals surface area contributed by atoms with Gasteiger partial charge in [0.1, 0.15) is 6.17 Å². The predicted molar refractivity (Wildman–Crippen MR) is 85.1 cm³/mol. The van der Waals surface area contributed by atoms with Gasteiger partial charge in [0, 0.05) is 11.1 Å². The van der Waals surface area contributed by atoms with Gasteiger partial charge >= 0.3 is 0 Å². The van der Waals surface area contributed by atoms with Gasteiger partial charge in [-0.2, -0.15) is 0 Å². The molecule has 21 heavy (non-hydrogen) atoms. The zero-order valence-corrected chi connectivity index (χ0v) is 13.3. The van der Waals surface area contributed by atoms with E-state index in [0.29, 0.717) is 6.04 Å². The molecule has 1 heterocycles. The van der Waals surface area contributed by atoms with Crippen molar-refractivity contribution in [3.63, 3.8) is 0 Å². The van der Waals surface area contributed by atoms with Crippen LogP contribution in [0.15, 0.2) is 24.3 Å². The zero-order valence-electron chi connectivity index (χ0n) is 12.5. The third-order valence-electron chi connectivity index (χ3n) is 4.67. The summed E-state index contributed by atoms with van der Waals surface area (Å²) in [5.74, 6) is 0.276. The van der Waals surface area contributed by atoms with Crippen LogP contribution in [0.4, 0.5) is 0 Å². The molecule has 1 saturated heterocycles. The van der Waals surface area contributed by atoms with Crippen LogP contribution in [-0.2, 0) is 4.79 Å². The molecular formula is C17H23ClN2O. The monoisotopic (exact) mass is 306 g/mol. The van der Waals surface area contributed by atoms with Crippen LogP contribution >= 0.6 is 11.6 Å². The van der Waals surface area contributed by atoms with Gasteiger partial charge in [-0.25, -0.2) is 0 Å². The first-order chi connectivity index (χ1) is 10.2. The van der Waals surface area contributed by atoms with E-state index in [1.165, 1.54) is 6.42 Å². The molecule has 0 bridgehead atoms. The number of amides is 1. The largest absolute Gasteiger partial charge is 0.319 e. The molecule has 1 aromatic rings. The Hall–Kier alpha value is -1.06. The van der Waals surface area contributed by atoms with Crippen LogP contribution in [0.1, 0.15) is 57.2 Å². The van der Waals surface area contributed by atoms with E-state index in [9.17, 15) is 4.79 Å². The average molecular weight is 307 g/mol. The van der Waals surface area contributed by atoms with Crippen LogP contribution in [0.25, 0.3) is 0 Å². The molecule has 0 radical (unpaired) electrons. The highest BCUT2D eigenvalue weighted by Crippen LogP contribution is 2.36. The average Bonchev–Trinajstić information content (AvgIpc) is 2.73. The number of carbonyl (C=O) groups excluding carboxylic acids is 1. The van der Waals surface area contributed by atoms with Crippen LogP contribution in [-0.4, -0.2) is 22.9 Å². The van der Waals surface area contributed by atoms with Crippen molar-refractivity contribution < 1.29 is 4.79 Å². The number of unbranched alkanes of at least 4 members (excludes halogenated alkanes) is 1. The smallest absolute Gasteiger partial charge is 0.241 e. The summed E-state index contributed by atoms with van der Waals surface area (Å²) in [6, 6.07) is 8.24.